The molecule has 0 bridgehead atoms. The third kappa shape index (κ3) is 3.93. The zero-order valence-electron chi connectivity index (χ0n) is 14.8. The van der Waals surface area contributed by atoms with E-state index in [1.807, 2.05) is 18.2 Å². The standard InChI is InChI=1S/C19H30N2O2/c1-15(18(2,3)16-8-6-5-7-9-16)21-17(22)19(14-23-4)10-12-20-13-11-19/h5-9,15,20H,10-14H2,1-4H3,(H,21,22). The van der Waals surface area contributed by atoms with Gasteiger partial charge in [0, 0.05) is 18.6 Å². The lowest BCUT2D eigenvalue weighted by molar-refractivity contribution is -0.137. The highest BCUT2D eigenvalue weighted by molar-refractivity contribution is 5.83. The first-order valence-corrected chi connectivity index (χ1v) is 8.48. The van der Waals surface area contributed by atoms with Gasteiger partial charge in [0.25, 0.3) is 0 Å². The zero-order valence-corrected chi connectivity index (χ0v) is 14.8. The molecule has 1 fully saturated rings. The molecule has 0 saturated carbocycles. The number of hydrogen-bond acceptors (Lipinski definition) is 3. The first-order valence-electron chi connectivity index (χ1n) is 8.48. The van der Waals surface area contributed by atoms with Crippen molar-refractivity contribution in [3.8, 4) is 0 Å². The summed E-state index contributed by atoms with van der Waals surface area (Å²) in [6.45, 7) is 8.67. The van der Waals surface area contributed by atoms with E-state index in [9.17, 15) is 4.79 Å². The predicted octanol–water partition coefficient (Wildman–Crippen LogP) is 2.49. The van der Waals surface area contributed by atoms with Crippen LogP contribution in [0.4, 0.5) is 0 Å². The van der Waals surface area contributed by atoms with Crippen LogP contribution >= 0.6 is 0 Å². The van der Waals surface area contributed by atoms with Crippen LogP contribution in [0.25, 0.3) is 0 Å². The van der Waals surface area contributed by atoms with E-state index in [4.69, 9.17) is 4.74 Å². The van der Waals surface area contributed by atoms with Gasteiger partial charge in [-0.05, 0) is 38.4 Å². The molecule has 1 aliphatic rings. The third-order valence-corrected chi connectivity index (χ3v) is 5.41. The van der Waals surface area contributed by atoms with Crippen molar-refractivity contribution in [1.29, 1.82) is 0 Å². The van der Waals surface area contributed by atoms with Crippen molar-refractivity contribution >= 4 is 5.91 Å². The van der Waals surface area contributed by atoms with Crippen molar-refractivity contribution in [1.82, 2.24) is 10.6 Å². The van der Waals surface area contributed by atoms with Gasteiger partial charge in [0.1, 0.15) is 0 Å². The van der Waals surface area contributed by atoms with Crippen LogP contribution in [-0.2, 0) is 14.9 Å². The van der Waals surface area contributed by atoms with Crippen LogP contribution in [0, 0.1) is 5.41 Å². The second-order valence-corrected chi connectivity index (χ2v) is 7.25. The average Bonchev–Trinajstić information content (AvgIpc) is 2.56. The molecule has 1 amide bonds. The average molecular weight is 318 g/mol. The highest BCUT2D eigenvalue weighted by atomic mass is 16.5. The lowest BCUT2D eigenvalue weighted by Gasteiger charge is -2.39. The normalized spacial score (nSPS) is 19.1. The molecule has 23 heavy (non-hydrogen) atoms. The van der Waals surface area contributed by atoms with Crippen LogP contribution in [0.1, 0.15) is 39.2 Å². The summed E-state index contributed by atoms with van der Waals surface area (Å²) in [5.74, 6) is 0.123. The minimum absolute atomic E-state index is 0.0426. The number of benzene rings is 1. The Morgan fingerprint density at radius 3 is 2.48 bits per heavy atom. The molecule has 1 aromatic rings. The summed E-state index contributed by atoms with van der Waals surface area (Å²) in [7, 11) is 1.67. The van der Waals surface area contributed by atoms with E-state index in [1.165, 1.54) is 5.56 Å². The van der Waals surface area contributed by atoms with Crippen LogP contribution < -0.4 is 10.6 Å². The highest BCUT2D eigenvalue weighted by Gasteiger charge is 2.41. The fourth-order valence-electron chi connectivity index (χ4n) is 3.27. The molecule has 1 atom stereocenters. The summed E-state index contributed by atoms with van der Waals surface area (Å²) in [6, 6.07) is 10.4. The Kier molecular flexibility index (Phi) is 5.82. The van der Waals surface area contributed by atoms with E-state index < -0.39 is 5.41 Å². The first-order chi connectivity index (χ1) is 10.9. The lowest BCUT2D eigenvalue weighted by Crippen LogP contribution is -2.55. The third-order valence-electron chi connectivity index (χ3n) is 5.41. The monoisotopic (exact) mass is 318 g/mol. The molecule has 1 heterocycles. The highest BCUT2D eigenvalue weighted by Crippen LogP contribution is 2.32. The van der Waals surface area contributed by atoms with Crippen LogP contribution in [0.2, 0.25) is 0 Å². The molecule has 2 rings (SSSR count). The van der Waals surface area contributed by atoms with E-state index >= 15 is 0 Å². The minimum Gasteiger partial charge on any atom is -0.384 e. The van der Waals surface area contributed by atoms with Crippen molar-refractivity contribution in [2.75, 3.05) is 26.8 Å². The summed E-state index contributed by atoms with van der Waals surface area (Å²) >= 11 is 0. The molecule has 4 heteroatoms. The lowest BCUT2D eigenvalue weighted by atomic mass is 9.75. The van der Waals surface area contributed by atoms with Crippen molar-refractivity contribution in [3.05, 3.63) is 35.9 Å². The van der Waals surface area contributed by atoms with E-state index in [0.29, 0.717) is 6.61 Å². The molecule has 0 radical (unpaired) electrons. The van der Waals surface area contributed by atoms with Crippen molar-refractivity contribution in [2.45, 2.75) is 45.1 Å². The molecule has 4 nitrogen and oxygen atoms in total. The van der Waals surface area contributed by atoms with Crippen molar-refractivity contribution in [3.63, 3.8) is 0 Å². The topological polar surface area (TPSA) is 50.4 Å². The Bertz CT molecular complexity index is 502. The number of methoxy groups -OCH3 is 1. The van der Waals surface area contributed by atoms with Crippen LogP contribution in [0.3, 0.4) is 0 Å². The number of rotatable bonds is 6. The maximum Gasteiger partial charge on any atom is 0.228 e. The maximum atomic E-state index is 13.0. The van der Waals surface area contributed by atoms with Crippen LogP contribution in [0.5, 0.6) is 0 Å². The molecule has 1 unspecified atom stereocenters. The van der Waals surface area contributed by atoms with E-state index in [2.05, 4.69) is 43.5 Å². The summed E-state index contributed by atoms with van der Waals surface area (Å²) in [4.78, 5) is 13.0. The molecule has 1 aromatic carbocycles. The number of amides is 1. The largest absolute Gasteiger partial charge is 0.384 e. The molecule has 0 aromatic heterocycles. The molecule has 128 valence electrons. The van der Waals surface area contributed by atoms with E-state index in [-0.39, 0.29) is 17.4 Å². The molecule has 1 saturated heterocycles. The summed E-state index contributed by atoms with van der Waals surface area (Å²) in [5.41, 5.74) is 0.706. The van der Waals surface area contributed by atoms with Crippen molar-refractivity contribution < 1.29 is 9.53 Å². The second kappa shape index (κ2) is 7.45. The van der Waals surface area contributed by atoms with Crippen LogP contribution in [-0.4, -0.2) is 38.8 Å². The Labute approximate surface area is 140 Å². The van der Waals surface area contributed by atoms with Crippen LogP contribution in [0.15, 0.2) is 30.3 Å². The van der Waals surface area contributed by atoms with Crippen molar-refractivity contribution in [2.24, 2.45) is 5.41 Å². The molecule has 1 aliphatic heterocycles. The number of ether oxygens (including phenoxy) is 1. The van der Waals surface area contributed by atoms with Gasteiger partial charge in [0.15, 0.2) is 0 Å². The number of nitrogens with one attached hydrogen (secondary N) is 2. The number of hydrogen-bond donors (Lipinski definition) is 2. The summed E-state index contributed by atoms with van der Waals surface area (Å²) in [6.07, 6.45) is 1.65. The molecule has 0 aliphatic carbocycles. The van der Waals surface area contributed by atoms with Gasteiger partial charge in [-0.25, -0.2) is 0 Å². The second-order valence-electron chi connectivity index (χ2n) is 7.25. The molecular weight excluding hydrogens is 288 g/mol. The number of carbonyl (C=O) groups excluding carboxylic acids is 1. The Morgan fingerprint density at radius 2 is 1.91 bits per heavy atom. The van der Waals surface area contributed by atoms with Gasteiger partial charge in [0.05, 0.1) is 12.0 Å². The van der Waals surface area contributed by atoms with E-state index in [0.717, 1.165) is 25.9 Å². The Hall–Kier alpha value is -1.39. The summed E-state index contributed by atoms with van der Waals surface area (Å²) in [5, 5.41) is 6.59. The van der Waals surface area contributed by atoms with Gasteiger partial charge < -0.3 is 15.4 Å². The maximum absolute atomic E-state index is 13.0. The Balaban J connectivity index is 2.11. The summed E-state index contributed by atoms with van der Waals surface area (Å²) < 4.78 is 5.37. The minimum atomic E-state index is -0.402. The van der Waals surface area contributed by atoms with Gasteiger partial charge in [0.2, 0.25) is 5.91 Å². The zero-order chi connectivity index (χ0) is 16.9. The molecular formula is C19H30N2O2. The van der Waals surface area contributed by atoms with Gasteiger partial charge in [-0.15, -0.1) is 0 Å². The quantitative estimate of drug-likeness (QED) is 0.847. The van der Waals surface area contributed by atoms with E-state index in [1.54, 1.807) is 7.11 Å². The fourth-order valence-corrected chi connectivity index (χ4v) is 3.27. The van der Waals surface area contributed by atoms with Gasteiger partial charge >= 0.3 is 0 Å². The first kappa shape index (κ1) is 18.0. The Morgan fingerprint density at radius 1 is 1.30 bits per heavy atom. The van der Waals surface area contributed by atoms with Gasteiger partial charge in [-0.3, -0.25) is 4.79 Å². The number of carbonyl (C=O) groups is 1. The van der Waals surface area contributed by atoms with Gasteiger partial charge in [-0.2, -0.15) is 0 Å². The fraction of sp³-hybridized carbons (Fsp3) is 0.632. The smallest absolute Gasteiger partial charge is 0.228 e. The molecule has 2 N–H and O–H groups in total. The predicted molar refractivity (Wildman–Crippen MR) is 93.5 cm³/mol. The van der Waals surface area contributed by atoms with Gasteiger partial charge in [-0.1, -0.05) is 44.2 Å². The SMILES string of the molecule is COCC1(C(=O)NC(C)C(C)(C)c2ccccc2)CCNCC1. The number of piperidine rings is 1. The molecule has 0 spiro atoms.